The zero-order chi connectivity index (χ0) is 11.9. The maximum atomic E-state index is 9.79. The van der Waals surface area contributed by atoms with Crippen LogP contribution in [0.2, 0.25) is 0 Å². The third kappa shape index (κ3) is 9.86. The third-order valence-corrected chi connectivity index (χ3v) is 2.77. The molecule has 1 rings (SSSR count). The van der Waals surface area contributed by atoms with Crippen molar-refractivity contribution in [2.75, 3.05) is 39.6 Å². The Hall–Kier alpha value is -0.430. The molecule has 0 aromatic heterocycles. The smallest absolute Gasteiger partial charge is 0.133 e. The molecule has 6 heteroatoms. The molecule has 0 aromatic rings. The fourth-order valence-corrected chi connectivity index (χ4v) is 1.68. The average Bonchev–Trinajstić information content (AvgIpc) is 2.46. The lowest BCUT2D eigenvalue weighted by Gasteiger charge is -2.03. The number of nitrogens with one attached hydrogen (secondary N) is 1. The Labute approximate surface area is 92.1 Å². The van der Waals surface area contributed by atoms with Crippen LogP contribution in [-0.4, -0.2) is 57.5 Å². The van der Waals surface area contributed by atoms with E-state index in [9.17, 15) is 13.0 Å². The molecular formula is C9H20N2O3S. The van der Waals surface area contributed by atoms with E-state index in [1.54, 1.807) is 4.90 Å². The van der Waals surface area contributed by atoms with Crippen LogP contribution in [0.3, 0.4) is 0 Å². The van der Waals surface area contributed by atoms with Crippen molar-refractivity contribution in [3.8, 4) is 0 Å². The topological polar surface area (TPSA) is 64.9 Å². The largest absolute Gasteiger partial charge is 0.748 e. The van der Waals surface area contributed by atoms with E-state index in [-0.39, 0.29) is 12.2 Å². The third-order valence-electron chi connectivity index (χ3n) is 2.03. The molecule has 5 nitrogen and oxygen atoms in total. The van der Waals surface area contributed by atoms with Crippen molar-refractivity contribution in [2.45, 2.75) is 6.42 Å². The van der Waals surface area contributed by atoms with E-state index in [0.717, 1.165) is 0 Å². The van der Waals surface area contributed by atoms with Crippen LogP contribution in [0.5, 0.6) is 0 Å². The van der Waals surface area contributed by atoms with E-state index in [1.807, 2.05) is 0 Å². The van der Waals surface area contributed by atoms with Gasteiger partial charge in [-0.1, -0.05) is 6.08 Å². The van der Waals surface area contributed by atoms with Crippen LogP contribution in [-0.2, 0) is 10.1 Å². The second-order valence-electron chi connectivity index (χ2n) is 3.78. The first-order valence-electron chi connectivity index (χ1n) is 4.89. The van der Waals surface area contributed by atoms with Crippen molar-refractivity contribution in [2.24, 2.45) is 0 Å². The summed E-state index contributed by atoms with van der Waals surface area (Å²) in [5.74, 6) is -0.337. The maximum Gasteiger partial charge on any atom is 0.133 e. The Kier molecular flexibility index (Phi) is 6.75. The van der Waals surface area contributed by atoms with Crippen LogP contribution >= 0.6 is 0 Å². The minimum Gasteiger partial charge on any atom is -0.748 e. The van der Waals surface area contributed by atoms with Gasteiger partial charge in [-0.25, -0.2) is 8.42 Å². The molecule has 0 amide bonds. The summed E-state index contributed by atoms with van der Waals surface area (Å²) in [5, 5.41) is 0. The summed E-state index contributed by atoms with van der Waals surface area (Å²) < 4.78 is 29.4. The second kappa shape index (κ2) is 6.95. The van der Waals surface area contributed by atoms with E-state index >= 15 is 0 Å². The van der Waals surface area contributed by atoms with Crippen molar-refractivity contribution in [1.82, 2.24) is 4.90 Å². The molecule has 1 N–H and O–H groups in total. The Morgan fingerprint density at radius 3 is 2.33 bits per heavy atom. The Balaban J connectivity index is 0.000000262. The first-order valence-corrected chi connectivity index (χ1v) is 6.47. The van der Waals surface area contributed by atoms with Crippen LogP contribution in [0.1, 0.15) is 6.42 Å². The zero-order valence-corrected chi connectivity index (χ0v) is 10.2. The van der Waals surface area contributed by atoms with Gasteiger partial charge in [-0.2, -0.15) is 0 Å². The van der Waals surface area contributed by atoms with Crippen LogP contribution in [0, 0.1) is 0 Å². The number of likely N-dealkylation sites (N-methyl/N-ethyl adjacent to an activating group) is 2. The minimum absolute atomic E-state index is 0.242. The van der Waals surface area contributed by atoms with Crippen LogP contribution in [0.4, 0.5) is 0 Å². The van der Waals surface area contributed by atoms with Crippen molar-refractivity contribution in [3.63, 3.8) is 0 Å². The van der Waals surface area contributed by atoms with Crippen molar-refractivity contribution in [1.29, 1.82) is 0 Å². The number of hydrogen-bond acceptors (Lipinski definition) is 4. The molecule has 1 aliphatic heterocycles. The molecule has 0 radical (unpaired) electrons. The van der Waals surface area contributed by atoms with E-state index in [1.165, 1.54) is 25.8 Å². The molecule has 90 valence electrons. The van der Waals surface area contributed by atoms with Gasteiger partial charge in [0, 0.05) is 5.75 Å². The van der Waals surface area contributed by atoms with Crippen LogP contribution in [0.15, 0.2) is 12.7 Å². The fourth-order valence-electron chi connectivity index (χ4n) is 1.23. The lowest BCUT2D eigenvalue weighted by atomic mass is 10.5. The molecule has 0 saturated carbocycles. The molecule has 1 saturated heterocycles. The molecule has 0 aliphatic carbocycles. The fraction of sp³-hybridized carbons (Fsp3) is 0.778. The average molecular weight is 236 g/mol. The Bertz CT molecular complexity index is 269. The SMILES string of the molecule is C=CCCS(=O)(=O)[O-].CN1CC[NH+](C)C1. The summed E-state index contributed by atoms with van der Waals surface area (Å²) in [4.78, 5) is 3.97. The highest BCUT2D eigenvalue weighted by Crippen LogP contribution is 1.86. The molecule has 1 unspecified atom stereocenters. The van der Waals surface area contributed by atoms with Gasteiger partial charge in [-0.05, 0) is 13.5 Å². The predicted molar refractivity (Wildman–Crippen MR) is 58.6 cm³/mol. The first kappa shape index (κ1) is 14.6. The highest BCUT2D eigenvalue weighted by molar-refractivity contribution is 7.85. The highest BCUT2D eigenvalue weighted by Gasteiger charge is 2.14. The molecule has 0 aromatic carbocycles. The predicted octanol–water partition coefficient (Wildman–Crippen LogP) is -1.49. The quantitative estimate of drug-likeness (QED) is 0.479. The lowest BCUT2D eigenvalue weighted by Crippen LogP contribution is -3.07. The highest BCUT2D eigenvalue weighted by atomic mass is 32.2. The summed E-state index contributed by atoms with van der Waals surface area (Å²) in [7, 11) is 0.381. The summed E-state index contributed by atoms with van der Waals surface area (Å²) in [5.41, 5.74) is 0. The number of rotatable bonds is 3. The number of nitrogens with zero attached hydrogens (tertiary/aromatic N) is 1. The minimum atomic E-state index is -4.01. The van der Waals surface area contributed by atoms with Gasteiger partial charge in [0.1, 0.15) is 6.67 Å². The van der Waals surface area contributed by atoms with Gasteiger partial charge in [-0.15, -0.1) is 6.58 Å². The first-order chi connectivity index (χ1) is 6.85. The summed E-state index contributed by atoms with van der Waals surface area (Å²) in [6.07, 6.45) is 1.64. The van der Waals surface area contributed by atoms with Crippen LogP contribution < -0.4 is 4.90 Å². The summed E-state index contributed by atoms with van der Waals surface area (Å²) in [6.45, 7) is 7.07. The number of quaternary nitrogens is 1. The summed E-state index contributed by atoms with van der Waals surface area (Å²) in [6, 6.07) is 0. The van der Waals surface area contributed by atoms with Crippen molar-refractivity contribution in [3.05, 3.63) is 12.7 Å². The van der Waals surface area contributed by atoms with Gasteiger partial charge in [0.25, 0.3) is 0 Å². The summed E-state index contributed by atoms with van der Waals surface area (Å²) >= 11 is 0. The van der Waals surface area contributed by atoms with Gasteiger partial charge in [-0.3, -0.25) is 4.90 Å². The molecule has 1 atom stereocenters. The molecule has 1 heterocycles. The van der Waals surface area contributed by atoms with Gasteiger partial charge in [0.05, 0.1) is 30.3 Å². The monoisotopic (exact) mass is 236 g/mol. The molecule has 1 aliphatic rings. The molecule has 0 spiro atoms. The van der Waals surface area contributed by atoms with Gasteiger partial charge >= 0.3 is 0 Å². The molecule has 0 bridgehead atoms. The van der Waals surface area contributed by atoms with E-state index in [4.69, 9.17) is 0 Å². The normalized spacial score (nSPS) is 21.9. The second-order valence-corrected chi connectivity index (χ2v) is 5.31. The standard InChI is InChI=1S/C5H12N2.C4H8O3S/c1-6-3-4-7(2)5-6;1-2-3-4-8(5,6)7/h3-5H2,1-2H3;2H,1,3-4H2,(H,5,6,7). The van der Waals surface area contributed by atoms with Crippen LogP contribution in [0.25, 0.3) is 0 Å². The van der Waals surface area contributed by atoms with Crippen molar-refractivity contribution >= 4 is 10.1 Å². The number of hydrogen-bond donors (Lipinski definition) is 1. The molecular weight excluding hydrogens is 216 g/mol. The Morgan fingerprint density at radius 2 is 2.20 bits per heavy atom. The lowest BCUT2D eigenvalue weighted by molar-refractivity contribution is -0.870. The zero-order valence-electron chi connectivity index (χ0n) is 9.40. The van der Waals surface area contributed by atoms with E-state index in [0.29, 0.717) is 0 Å². The Morgan fingerprint density at radius 1 is 1.60 bits per heavy atom. The van der Waals surface area contributed by atoms with Gasteiger partial charge in [0.15, 0.2) is 0 Å². The van der Waals surface area contributed by atoms with Crippen molar-refractivity contribution < 1.29 is 17.9 Å². The maximum absolute atomic E-state index is 9.79. The van der Waals surface area contributed by atoms with Gasteiger partial charge in [0.2, 0.25) is 0 Å². The van der Waals surface area contributed by atoms with E-state index < -0.39 is 10.1 Å². The number of allylic oxidation sites excluding steroid dienone is 1. The molecule has 15 heavy (non-hydrogen) atoms. The van der Waals surface area contributed by atoms with Gasteiger partial charge < -0.3 is 9.45 Å². The molecule has 1 fully saturated rings. The van der Waals surface area contributed by atoms with E-state index in [2.05, 4.69) is 25.6 Å².